The fourth-order valence-electron chi connectivity index (χ4n) is 3.36. The van der Waals surface area contributed by atoms with Gasteiger partial charge in [-0.15, -0.1) is 13.2 Å². The van der Waals surface area contributed by atoms with E-state index in [4.69, 9.17) is 13.9 Å². The number of carbonyl (C=O) groups excluding carboxylic acids is 2. The maximum absolute atomic E-state index is 15.0. The van der Waals surface area contributed by atoms with Crippen LogP contribution in [0.25, 0.3) is 33.1 Å². The lowest BCUT2D eigenvalue weighted by atomic mass is 10.0. The number of rotatable bonds is 6. The minimum Gasteiger partial charge on any atom is -0.449 e. The average molecular weight is 486 g/mol. The first-order valence-corrected chi connectivity index (χ1v) is 9.83. The van der Waals surface area contributed by atoms with Gasteiger partial charge in [-0.05, 0) is 42.0 Å². The Kier molecular flexibility index (Phi) is 6.04. The van der Waals surface area contributed by atoms with E-state index in [0.29, 0.717) is 0 Å². The Morgan fingerprint density at radius 1 is 0.829 bits per heavy atom. The predicted octanol–water partition coefficient (Wildman–Crippen LogP) is 6.47. The van der Waals surface area contributed by atoms with E-state index >= 15 is 0 Å². The van der Waals surface area contributed by atoms with Crippen LogP contribution in [0.2, 0.25) is 0 Å². The molecule has 10 heteroatoms. The fraction of sp³-hybridized carbons (Fsp3) is 0.0400. The molecule has 178 valence electrons. The summed E-state index contributed by atoms with van der Waals surface area (Å²) in [6.07, 6.45) is -3.31. The Balaban J connectivity index is 1.89. The lowest BCUT2D eigenvalue weighted by Gasteiger charge is -2.14. The zero-order valence-electron chi connectivity index (χ0n) is 17.6. The van der Waals surface area contributed by atoms with Crippen LogP contribution in [-0.4, -0.2) is 18.3 Å². The summed E-state index contributed by atoms with van der Waals surface area (Å²) in [7, 11) is 0. The minimum atomic E-state index is -5.09. The molecule has 0 fully saturated rings. The highest BCUT2D eigenvalue weighted by Crippen LogP contribution is 2.45. The predicted molar refractivity (Wildman–Crippen MR) is 117 cm³/mol. The monoisotopic (exact) mass is 486 g/mol. The van der Waals surface area contributed by atoms with Crippen molar-refractivity contribution in [1.82, 2.24) is 0 Å². The van der Waals surface area contributed by atoms with Crippen molar-refractivity contribution < 1.29 is 45.8 Å². The van der Waals surface area contributed by atoms with E-state index in [1.807, 2.05) is 0 Å². The van der Waals surface area contributed by atoms with Crippen molar-refractivity contribution in [1.29, 1.82) is 0 Å². The quantitative estimate of drug-likeness (QED) is 0.135. The highest BCUT2D eigenvalue weighted by atomic mass is 19.4. The zero-order valence-corrected chi connectivity index (χ0v) is 17.6. The third-order valence-corrected chi connectivity index (χ3v) is 4.81. The Bertz CT molecular complexity index is 1480. The fourth-order valence-corrected chi connectivity index (χ4v) is 3.36. The van der Waals surface area contributed by atoms with Gasteiger partial charge >= 0.3 is 18.3 Å². The molecular weight excluding hydrogens is 472 g/mol. The molecule has 4 rings (SSSR count). The number of carbonyl (C=O) groups is 2. The van der Waals surface area contributed by atoms with Gasteiger partial charge in [0.15, 0.2) is 22.7 Å². The maximum atomic E-state index is 15.0. The molecular formula is C25H14F4O6. The van der Waals surface area contributed by atoms with E-state index in [1.165, 1.54) is 42.5 Å². The number of alkyl halides is 3. The van der Waals surface area contributed by atoms with E-state index < -0.39 is 41.2 Å². The SMILES string of the molecule is C=CC(=O)Oc1ccc(-c2ccc3c(oc4c(F)c(OC(=O)C=C)ccc43)c2OC(F)(F)F)cc1. The summed E-state index contributed by atoms with van der Waals surface area (Å²) in [5, 5.41) is 0.279. The van der Waals surface area contributed by atoms with Gasteiger partial charge in [0, 0.05) is 28.5 Å². The first-order chi connectivity index (χ1) is 16.6. The second kappa shape index (κ2) is 8.98. The molecule has 4 aromatic rings. The first kappa shape index (κ1) is 23.6. The second-order valence-corrected chi connectivity index (χ2v) is 7.00. The molecule has 0 atom stereocenters. The third-order valence-electron chi connectivity index (χ3n) is 4.81. The van der Waals surface area contributed by atoms with E-state index in [2.05, 4.69) is 17.9 Å². The van der Waals surface area contributed by atoms with Gasteiger partial charge in [0.05, 0.1) is 0 Å². The zero-order chi connectivity index (χ0) is 25.3. The second-order valence-electron chi connectivity index (χ2n) is 7.00. The maximum Gasteiger partial charge on any atom is 0.573 e. The molecule has 0 aliphatic carbocycles. The summed E-state index contributed by atoms with van der Waals surface area (Å²) >= 11 is 0. The number of benzene rings is 3. The van der Waals surface area contributed by atoms with Crippen molar-refractivity contribution in [3.05, 3.63) is 79.7 Å². The van der Waals surface area contributed by atoms with Crippen LogP contribution in [0.5, 0.6) is 17.2 Å². The van der Waals surface area contributed by atoms with Crippen molar-refractivity contribution in [2.24, 2.45) is 0 Å². The van der Waals surface area contributed by atoms with Crippen molar-refractivity contribution in [3.8, 4) is 28.4 Å². The number of hydrogen-bond acceptors (Lipinski definition) is 6. The van der Waals surface area contributed by atoms with Gasteiger partial charge in [0.1, 0.15) is 5.75 Å². The van der Waals surface area contributed by atoms with Crippen molar-refractivity contribution in [2.45, 2.75) is 6.36 Å². The van der Waals surface area contributed by atoms with Gasteiger partial charge in [-0.1, -0.05) is 25.3 Å². The highest BCUT2D eigenvalue weighted by Gasteiger charge is 2.34. The molecule has 0 spiro atoms. The Hall–Kier alpha value is -4.60. The molecule has 0 radical (unpaired) electrons. The van der Waals surface area contributed by atoms with Gasteiger partial charge in [-0.3, -0.25) is 0 Å². The van der Waals surface area contributed by atoms with Crippen molar-refractivity contribution in [2.75, 3.05) is 0 Å². The van der Waals surface area contributed by atoms with Crippen LogP contribution in [-0.2, 0) is 9.59 Å². The normalized spacial score (nSPS) is 11.3. The van der Waals surface area contributed by atoms with Crippen LogP contribution in [0.3, 0.4) is 0 Å². The number of furan rings is 1. The Labute approximate surface area is 194 Å². The largest absolute Gasteiger partial charge is 0.573 e. The number of esters is 2. The van der Waals surface area contributed by atoms with E-state index in [0.717, 1.165) is 18.2 Å². The molecule has 1 aromatic heterocycles. The van der Waals surface area contributed by atoms with Gasteiger partial charge in [0.2, 0.25) is 5.82 Å². The molecule has 0 N–H and O–H groups in total. The third kappa shape index (κ3) is 4.72. The Morgan fingerprint density at radius 2 is 1.43 bits per heavy atom. The van der Waals surface area contributed by atoms with E-state index in [9.17, 15) is 27.2 Å². The van der Waals surface area contributed by atoms with Crippen LogP contribution in [0.1, 0.15) is 0 Å². The molecule has 0 saturated heterocycles. The lowest BCUT2D eigenvalue weighted by molar-refractivity contribution is -0.274. The van der Waals surface area contributed by atoms with E-state index in [-0.39, 0.29) is 33.2 Å². The Morgan fingerprint density at radius 3 is 2.06 bits per heavy atom. The van der Waals surface area contributed by atoms with Gasteiger partial charge < -0.3 is 18.6 Å². The summed E-state index contributed by atoms with van der Waals surface area (Å²) in [5.74, 6) is -3.75. The molecule has 6 nitrogen and oxygen atoms in total. The average Bonchev–Trinajstić information content (AvgIpc) is 3.20. The first-order valence-electron chi connectivity index (χ1n) is 9.83. The summed E-state index contributed by atoms with van der Waals surface area (Å²) in [6.45, 7) is 6.50. The lowest BCUT2D eigenvalue weighted by Crippen LogP contribution is -2.17. The highest BCUT2D eigenvalue weighted by molar-refractivity contribution is 6.09. The summed E-state index contributed by atoms with van der Waals surface area (Å²) in [5.41, 5.74) is -0.548. The molecule has 0 aliphatic rings. The minimum absolute atomic E-state index is 0.0193. The molecule has 0 amide bonds. The molecule has 35 heavy (non-hydrogen) atoms. The number of halogens is 4. The van der Waals surface area contributed by atoms with Gasteiger partial charge in [-0.25, -0.2) is 9.59 Å². The van der Waals surface area contributed by atoms with E-state index in [1.54, 1.807) is 0 Å². The summed E-state index contributed by atoms with van der Waals surface area (Å²) in [6, 6.07) is 10.9. The molecule has 3 aromatic carbocycles. The molecule has 0 aliphatic heterocycles. The van der Waals surface area contributed by atoms with Crippen LogP contribution >= 0.6 is 0 Å². The van der Waals surface area contributed by atoms with Crippen LogP contribution < -0.4 is 14.2 Å². The standard InChI is InChI=1S/C25H14F4O6/c1-3-19(30)32-14-7-5-13(6-8-14)15-9-10-17-16-11-12-18(33-20(31)4-2)21(26)22(16)34-23(17)24(15)35-25(27,28)29/h3-12H,1-2H2. The molecule has 0 saturated carbocycles. The van der Waals surface area contributed by atoms with Crippen LogP contribution in [0.4, 0.5) is 17.6 Å². The summed E-state index contributed by atoms with van der Waals surface area (Å²) < 4.78 is 74.4. The number of hydrogen-bond donors (Lipinski definition) is 0. The molecule has 1 heterocycles. The molecule has 0 bridgehead atoms. The van der Waals surface area contributed by atoms with Crippen LogP contribution in [0.15, 0.2) is 78.3 Å². The smallest absolute Gasteiger partial charge is 0.449 e. The molecule has 0 unspecified atom stereocenters. The van der Waals surface area contributed by atoms with Crippen molar-refractivity contribution >= 4 is 33.9 Å². The summed E-state index contributed by atoms with van der Waals surface area (Å²) in [4.78, 5) is 22.8. The topological polar surface area (TPSA) is 75.0 Å². The van der Waals surface area contributed by atoms with Gasteiger partial charge in [-0.2, -0.15) is 4.39 Å². The van der Waals surface area contributed by atoms with Gasteiger partial charge in [0.25, 0.3) is 0 Å². The van der Waals surface area contributed by atoms with Crippen LogP contribution in [0, 0.1) is 5.82 Å². The number of fused-ring (bicyclic) bond motifs is 3. The van der Waals surface area contributed by atoms with Crippen molar-refractivity contribution in [3.63, 3.8) is 0 Å². The number of ether oxygens (including phenoxy) is 3.